The van der Waals surface area contributed by atoms with Gasteiger partial charge in [0.2, 0.25) is 0 Å². The number of rotatable bonds is 0. The predicted octanol–water partition coefficient (Wildman–Crippen LogP) is 2.70. The summed E-state index contributed by atoms with van der Waals surface area (Å²) in [4.78, 5) is 0. The molecule has 0 fully saturated rings. The summed E-state index contributed by atoms with van der Waals surface area (Å²) in [7, 11) is 0. The average Bonchev–Trinajstić information content (AvgIpc) is 2.41. The van der Waals surface area contributed by atoms with E-state index in [9.17, 15) is 0 Å². The van der Waals surface area contributed by atoms with Gasteiger partial charge < -0.3 is 5.73 Å². The first-order valence-corrected chi connectivity index (χ1v) is 5.03. The van der Waals surface area contributed by atoms with Crippen molar-refractivity contribution in [2.45, 2.75) is 25.8 Å². The highest BCUT2D eigenvalue weighted by molar-refractivity contribution is 9.10. The molecule has 0 saturated carbocycles. The van der Waals surface area contributed by atoms with Gasteiger partial charge in [0.1, 0.15) is 0 Å². The number of aryl methyl sites for hydroxylation is 1. The molecule has 0 saturated heterocycles. The molecule has 2 rings (SSSR count). The normalized spacial score (nSPS) is 21.1. The second-order valence-electron chi connectivity index (χ2n) is 3.41. The van der Waals surface area contributed by atoms with E-state index < -0.39 is 0 Å². The average molecular weight is 226 g/mol. The Morgan fingerprint density at radius 2 is 2.25 bits per heavy atom. The summed E-state index contributed by atoms with van der Waals surface area (Å²) in [6.07, 6.45) is 2.22. The molecule has 1 atom stereocenters. The van der Waals surface area contributed by atoms with E-state index in [1.807, 2.05) is 0 Å². The lowest BCUT2D eigenvalue weighted by molar-refractivity contribution is 0.713. The highest BCUT2D eigenvalue weighted by Crippen LogP contribution is 2.35. The smallest absolute Gasteiger partial charge is 0.0301 e. The Labute approximate surface area is 81.1 Å². The maximum absolute atomic E-state index is 5.94. The highest BCUT2D eigenvalue weighted by atomic mass is 79.9. The molecule has 1 unspecified atom stereocenters. The summed E-state index contributed by atoms with van der Waals surface area (Å²) in [5.41, 5.74) is 10.00. The van der Waals surface area contributed by atoms with Crippen LogP contribution in [0.3, 0.4) is 0 Å². The van der Waals surface area contributed by atoms with Gasteiger partial charge in [-0.3, -0.25) is 0 Å². The van der Waals surface area contributed by atoms with Gasteiger partial charge in [-0.05, 0) is 36.5 Å². The summed E-state index contributed by atoms with van der Waals surface area (Å²) in [5, 5.41) is 0. The quantitative estimate of drug-likeness (QED) is 0.723. The lowest BCUT2D eigenvalue weighted by Crippen LogP contribution is -2.05. The highest BCUT2D eigenvalue weighted by Gasteiger charge is 2.21. The van der Waals surface area contributed by atoms with Crippen molar-refractivity contribution in [1.29, 1.82) is 0 Å². The fourth-order valence-electron chi connectivity index (χ4n) is 1.81. The number of hydrogen-bond donors (Lipinski definition) is 1. The number of benzene rings is 1. The zero-order chi connectivity index (χ0) is 8.72. The van der Waals surface area contributed by atoms with Gasteiger partial charge in [0, 0.05) is 10.5 Å². The first kappa shape index (κ1) is 8.27. The minimum absolute atomic E-state index is 0.261. The molecule has 64 valence electrons. The minimum Gasteiger partial charge on any atom is -0.324 e. The summed E-state index contributed by atoms with van der Waals surface area (Å²) < 4.78 is 1.26. The van der Waals surface area contributed by atoms with Crippen molar-refractivity contribution in [3.63, 3.8) is 0 Å². The van der Waals surface area contributed by atoms with Crippen LogP contribution >= 0.6 is 15.9 Å². The summed E-state index contributed by atoms with van der Waals surface area (Å²) in [6, 6.07) is 4.55. The van der Waals surface area contributed by atoms with E-state index in [1.54, 1.807) is 0 Å². The SMILES string of the molecule is Cc1ccc2c(c1Br)CCC2N. The molecule has 1 nitrogen and oxygen atoms in total. The third kappa shape index (κ3) is 1.10. The third-order valence-electron chi connectivity index (χ3n) is 2.58. The molecule has 0 aliphatic heterocycles. The van der Waals surface area contributed by atoms with Crippen LogP contribution < -0.4 is 5.73 Å². The van der Waals surface area contributed by atoms with E-state index in [0.29, 0.717) is 0 Å². The maximum Gasteiger partial charge on any atom is 0.0301 e. The van der Waals surface area contributed by atoms with E-state index in [0.717, 1.165) is 12.8 Å². The van der Waals surface area contributed by atoms with Crippen LogP contribution in [0.2, 0.25) is 0 Å². The van der Waals surface area contributed by atoms with Gasteiger partial charge >= 0.3 is 0 Å². The molecule has 0 amide bonds. The topological polar surface area (TPSA) is 26.0 Å². The zero-order valence-corrected chi connectivity index (χ0v) is 8.69. The Bertz CT molecular complexity index is 320. The van der Waals surface area contributed by atoms with Crippen molar-refractivity contribution >= 4 is 15.9 Å². The van der Waals surface area contributed by atoms with Crippen molar-refractivity contribution < 1.29 is 0 Å². The Morgan fingerprint density at radius 1 is 1.50 bits per heavy atom. The van der Waals surface area contributed by atoms with Gasteiger partial charge in [0.15, 0.2) is 0 Å². The molecule has 1 aliphatic carbocycles. The van der Waals surface area contributed by atoms with Gasteiger partial charge in [0.25, 0.3) is 0 Å². The molecule has 0 bridgehead atoms. The molecule has 2 heteroatoms. The first-order valence-electron chi connectivity index (χ1n) is 4.23. The second kappa shape index (κ2) is 2.86. The largest absolute Gasteiger partial charge is 0.324 e. The van der Waals surface area contributed by atoms with Gasteiger partial charge in [-0.15, -0.1) is 0 Å². The fourth-order valence-corrected chi connectivity index (χ4v) is 2.37. The van der Waals surface area contributed by atoms with Crippen LogP contribution in [0.25, 0.3) is 0 Å². The van der Waals surface area contributed by atoms with E-state index in [4.69, 9.17) is 5.73 Å². The van der Waals surface area contributed by atoms with Crippen LogP contribution in [0.4, 0.5) is 0 Å². The fraction of sp³-hybridized carbons (Fsp3) is 0.400. The predicted molar refractivity (Wildman–Crippen MR) is 54.1 cm³/mol. The molecule has 1 aromatic rings. The van der Waals surface area contributed by atoms with Crippen molar-refractivity contribution in [2.75, 3.05) is 0 Å². The standard InChI is InChI=1S/C10H12BrN/c1-6-2-3-7-8(10(6)11)4-5-9(7)12/h2-3,9H,4-5,12H2,1H3. The van der Waals surface area contributed by atoms with E-state index in [1.165, 1.54) is 21.2 Å². The Balaban J connectivity index is 2.60. The lowest BCUT2D eigenvalue weighted by atomic mass is 10.1. The molecule has 0 aromatic heterocycles. The van der Waals surface area contributed by atoms with Crippen LogP contribution in [0.15, 0.2) is 16.6 Å². The summed E-state index contributed by atoms with van der Waals surface area (Å²) in [5.74, 6) is 0. The maximum atomic E-state index is 5.94. The van der Waals surface area contributed by atoms with Gasteiger partial charge in [0.05, 0.1) is 0 Å². The molecule has 0 heterocycles. The molecular weight excluding hydrogens is 214 g/mol. The van der Waals surface area contributed by atoms with Crippen molar-refractivity contribution in [2.24, 2.45) is 5.73 Å². The van der Waals surface area contributed by atoms with Crippen molar-refractivity contribution in [1.82, 2.24) is 0 Å². The zero-order valence-electron chi connectivity index (χ0n) is 7.10. The molecule has 0 spiro atoms. The van der Waals surface area contributed by atoms with Crippen LogP contribution in [0, 0.1) is 6.92 Å². The monoisotopic (exact) mass is 225 g/mol. The van der Waals surface area contributed by atoms with Gasteiger partial charge in [-0.2, -0.15) is 0 Å². The molecule has 12 heavy (non-hydrogen) atoms. The van der Waals surface area contributed by atoms with E-state index >= 15 is 0 Å². The van der Waals surface area contributed by atoms with Crippen molar-refractivity contribution in [3.8, 4) is 0 Å². The van der Waals surface area contributed by atoms with Crippen LogP contribution in [-0.2, 0) is 6.42 Å². The summed E-state index contributed by atoms with van der Waals surface area (Å²) in [6.45, 7) is 2.12. The second-order valence-corrected chi connectivity index (χ2v) is 4.20. The molecule has 2 N–H and O–H groups in total. The Morgan fingerprint density at radius 3 is 3.00 bits per heavy atom. The Kier molecular flexibility index (Phi) is 1.97. The molecular formula is C10H12BrN. The third-order valence-corrected chi connectivity index (χ3v) is 3.68. The first-order chi connectivity index (χ1) is 5.70. The van der Waals surface area contributed by atoms with Crippen LogP contribution in [-0.4, -0.2) is 0 Å². The van der Waals surface area contributed by atoms with Gasteiger partial charge in [-0.25, -0.2) is 0 Å². The number of fused-ring (bicyclic) bond motifs is 1. The van der Waals surface area contributed by atoms with Crippen LogP contribution in [0.1, 0.15) is 29.2 Å². The van der Waals surface area contributed by atoms with Crippen LogP contribution in [0.5, 0.6) is 0 Å². The number of halogens is 1. The number of hydrogen-bond acceptors (Lipinski definition) is 1. The molecule has 1 aromatic carbocycles. The lowest BCUT2D eigenvalue weighted by Gasteiger charge is -2.07. The molecule has 1 aliphatic rings. The van der Waals surface area contributed by atoms with Gasteiger partial charge in [-0.1, -0.05) is 28.1 Å². The molecule has 0 radical (unpaired) electrons. The summed E-state index contributed by atoms with van der Waals surface area (Å²) >= 11 is 3.60. The van der Waals surface area contributed by atoms with E-state index in [-0.39, 0.29) is 6.04 Å². The van der Waals surface area contributed by atoms with E-state index in [2.05, 4.69) is 35.0 Å². The Hall–Kier alpha value is -0.340. The number of nitrogens with two attached hydrogens (primary N) is 1. The van der Waals surface area contributed by atoms with Crippen molar-refractivity contribution in [3.05, 3.63) is 33.3 Å². The minimum atomic E-state index is 0.261.